The summed E-state index contributed by atoms with van der Waals surface area (Å²) >= 11 is 3.25. The van der Waals surface area contributed by atoms with Crippen molar-refractivity contribution in [3.8, 4) is 11.4 Å². The van der Waals surface area contributed by atoms with E-state index in [0.717, 1.165) is 5.69 Å². The lowest BCUT2D eigenvalue weighted by Crippen LogP contribution is -2.02. The molecule has 0 aliphatic rings. The minimum Gasteiger partial charge on any atom is -0.384 e. The van der Waals surface area contributed by atoms with Crippen LogP contribution in [0.15, 0.2) is 28.7 Å². The molecule has 5 heteroatoms. The Morgan fingerprint density at radius 1 is 1.17 bits per heavy atom. The minimum absolute atomic E-state index is 0.242. The van der Waals surface area contributed by atoms with Crippen molar-refractivity contribution in [1.82, 2.24) is 9.97 Å². The highest BCUT2D eigenvalue weighted by atomic mass is 79.9. The molecule has 0 radical (unpaired) electrons. The van der Waals surface area contributed by atoms with Crippen LogP contribution in [0.25, 0.3) is 11.4 Å². The van der Waals surface area contributed by atoms with Crippen molar-refractivity contribution in [3.63, 3.8) is 0 Å². The maximum Gasteiger partial charge on any atom is 0.161 e. The van der Waals surface area contributed by atoms with Gasteiger partial charge in [-0.15, -0.1) is 0 Å². The molecule has 3 nitrogen and oxygen atoms in total. The Bertz CT molecular complexity index is 564. The van der Waals surface area contributed by atoms with E-state index in [1.165, 1.54) is 12.1 Å². The van der Waals surface area contributed by atoms with Crippen LogP contribution >= 0.6 is 15.9 Å². The Balaban J connectivity index is 2.56. The molecule has 1 heterocycles. The fourth-order valence-corrected chi connectivity index (χ4v) is 2.06. The molecule has 18 heavy (non-hydrogen) atoms. The number of nitrogens with zero attached hydrogens (tertiary/aromatic N) is 2. The predicted molar refractivity (Wildman–Crippen MR) is 73.6 cm³/mol. The average Bonchev–Trinajstić information content (AvgIpc) is 2.26. The monoisotopic (exact) mass is 309 g/mol. The number of hydrogen-bond donors (Lipinski definition) is 1. The summed E-state index contributed by atoms with van der Waals surface area (Å²) in [7, 11) is 0. The average molecular weight is 310 g/mol. The van der Waals surface area contributed by atoms with Gasteiger partial charge < -0.3 is 5.73 Å². The minimum atomic E-state index is -0.337. The van der Waals surface area contributed by atoms with Crippen molar-refractivity contribution in [1.29, 1.82) is 0 Å². The van der Waals surface area contributed by atoms with Gasteiger partial charge in [0.1, 0.15) is 11.6 Å². The van der Waals surface area contributed by atoms with Gasteiger partial charge in [0.05, 0.1) is 0 Å². The zero-order chi connectivity index (χ0) is 13.3. The van der Waals surface area contributed by atoms with Crippen molar-refractivity contribution < 1.29 is 4.39 Å². The number of benzene rings is 1. The fraction of sp³-hybridized carbons (Fsp3) is 0.231. The van der Waals surface area contributed by atoms with E-state index in [1.54, 1.807) is 12.1 Å². The van der Waals surface area contributed by atoms with Crippen molar-refractivity contribution >= 4 is 21.7 Å². The molecular weight excluding hydrogens is 297 g/mol. The van der Waals surface area contributed by atoms with Gasteiger partial charge >= 0.3 is 0 Å². The molecule has 0 bridgehead atoms. The lowest BCUT2D eigenvalue weighted by atomic mass is 10.1. The molecule has 0 amide bonds. The Morgan fingerprint density at radius 3 is 2.50 bits per heavy atom. The Hall–Kier alpha value is -1.49. The van der Waals surface area contributed by atoms with Gasteiger partial charge in [0, 0.05) is 21.8 Å². The molecule has 2 N–H and O–H groups in total. The maximum absolute atomic E-state index is 13.4. The molecule has 0 fully saturated rings. The van der Waals surface area contributed by atoms with Crippen LogP contribution in [0.2, 0.25) is 0 Å². The predicted octanol–water partition coefficient (Wildman–Crippen LogP) is 3.75. The summed E-state index contributed by atoms with van der Waals surface area (Å²) in [6.45, 7) is 4.04. The van der Waals surface area contributed by atoms with Crippen LogP contribution in [0.3, 0.4) is 0 Å². The molecule has 94 valence electrons. The molecule has 0 aliphatic carbocycles. The van der Waals surface area contributed by atoms with E-state index in [9.17, 15) is 4.39 Å². The van der Waals surface area contributed by atoms with E-state index in [0.29, 0.717) is 21.7 Å². The second kappa shape index (κ2) is 5.02. The van der Waals surface area contributed by atoms with Crippen LogP contribution < -0.4 is 5.73 Å². The third-order valence-electron chi connectivity index (χ3n) is 2.48. The smallest absolute Gasteiger partial charge is 0.161 e. The molecule has 2 aromatic rings. The van der Waals surface area contributed by atoms with Gasteiger partial charge in [-0.25, -0.2) is 14.4 Å². The summed E-state index contributed by atoms with van der Waals surface area (Å²) in [5, 5.41) is 0. The van der Waals surface area contributed by atoms with Gasteiger partial charge in [-0.3, -0.25) is 0 Å². The highest BCUT2D eigenvalue weighted by molar-refractivity contribution is 9.10. The van der Waals surface area contributed by atoms with E-state index < -0.39 is 0 Å². The van der Waals surface area contributed by atoms with Gasteiger partial charge in [0.2, 0.25) is 0 Å². The third kappa shape index (κ3) is 2.85. The lowest BCUT2D eigenvalue weighted by molar-refractivity contribution is 0.627. The highest BCUT2D eigenvalue weighted by Crippen LogP contribution is 2.24. The van der Waals surface area contributed by atoms with E-state index >= 15 is 0 Å². The van der Waals surface area contributed by atoms with Gasteiger partial charge in [-0.2, -0.15) is 0 Å². The Kier molecular flexibility index (Phi) is 3.61. The van der Waals surface area contributed by atoms with Crippen LogP contribution in [0.5, 0.6) is 0 Å². The number of nitrogen functional groups attached to an aromatic ring is 1. The van der Waals surface area contributed by atoms with Crippen LogP contribution in [0, 0.1) is 5.82 Å². The molecule has 1 aromatic carbocycles. The zero-order valence-corrected chi connectivity index (χ0v) is 11.7. The second-order valence-corrected chi connectivity index (χ2v) is 5.27. The first-order valence-electron chi connectivity index (χ1n) is 5.56. The molecule has 0 spiro atoms. The maximum atomic E-state index is 13.4. The SMILES string of the molecule is CC(C)c1cc(N)nc(-c2cc(F)cc(Br)c2)n1. The van der Waals surface area contributed by atoms with Gasteiger partial charge in [0.25, 0.3) is 0 Å². The number of aromatic nitrogens is 2. The quantitative estimate of drug-likeness (QED) is 0.919. The summed E-state index contributed by atoms with van der Waals surface area (Å²) in [4.78, 5) is 8.55. The highest BCUT2D eigenvalue weighted by Gasteiger charge is 2.09. The van der Waals surface area contributed by atoms with Crippen LogP contribution in [0.1, 0.15) is 25.5 Å². The molecule has 0 aliphatic heterocycles. The van der Waals surface area contributed by atoms with Crippen LogP contribution in [0.4, 0.5) is 10.2 Å². The first-order valence-corrected chi connectivity index (χ1v) is 6.36. The number of hydrogen-bond acceptors (Lipinski definition) is 3. The summed E-state index contributed by atoms with van der Waals surface area (Å²) in [6.07, 6.45) is 0. The summed E-state index contributed by atoms with van der Waals surface area (Å²) in [5.74, 6) is 0.741. The lowest BCUT2D eigenvalue weighted by Gasteiger charge is -2.08. The standard InChI is InChI=1S/C13H13BrFN3/c1-7(2)11-6-12(16)18-13(17-11)8-3-9(14)5-10(15)4-8/h3-7H,1-2H3,(H2,16,17,18). The van der Waals surface area contributed by atoms with Crippen molar-refractivity contribution in [2.75, 3.05) is 5.73 Å². The molecule has 0 saturated carbocycles. The van der Waals surface area contributed by atoms with Crippen molar-refractivity contribution in [3.05, 3.63) is 40.2 Å². The molecule has 0 atom stereocenters. The summed E-state index contributed by atoms with van der Waals surface area (Å²) in [6, 6.07) is 6.28. The van der Waals surface area contributed by atoms with Gasteiger partial charge in [-0.1, -0.05) is 29.8 Å². The van der Waals surface area contributed by atoms with Crippen molar-refractivity contribution in [2.45, 2.75) is 19.8 Å². The molecule has 0 unspecified atom stereocenters. The second-order valence-electron chi connectivity index (χ2n) is 4.35. The number of rotatable bonds is 2. The fourth-order valence-electron chi connectivity index (χ4n) is 1.59. The van der Waals surface area contributed by atoms with E-state index in [-0.39, 0.29) is 11.7 Å². The van der Waals surface area contributed by atoms with Crippen LogP contribution in [-0.4, -0.2) is 9.97 Å². The van der Waals surface area contributed by atoms with Gasteiger partial charge in [-0.05, 0) is 24.1 Å². The largest absolute Gasteiger partial charge is 0.384 e. The first-order chi connectivity index (χ1) is 8.45. The van der Waals surface area contributed by atoms with Crippen molar-refractivity contribution in [2.24, 2.45) is 0 Å². The van der Waals surface area contributed by atoms with Gasteiger partial charge in [0.15, 0.2) is 5.82 Å². The topological polar surface area (TPSA) is 51.8 Å². The summed E-state index contributed by atoms with van der Waals surface area (Å²) in [5.41, 5.74) is 7.21. The van der Waals surface area contributed by atoms with E-state index in [1.807, 2.05) is 13.8 Å². The number of nitrogens with two attached hydrogens (primary N) is 1. The molecule has 1 aromatic heterocycles. The molecular formula is C13H13BrFN3. The van der Waals surface area contributed by atoms with Crippen LogP contribution in [-0.2, 0) is 0 Å². The van der Waals surface area contributed by atoms with E-state index in [2.05, 4.69) is 25.9 Å². The Morgan fingerprint density at radius 2 is 1.89 bits per heavy atom. The summed E-state index contributed by atoms with van der Waals surface area (Å²) < 4.78 is 14.0. The molecule has 2 rings (SSSR count). The van der Waals surface area contributed by atoms with E-state index in [4.69, 9.17) is 5.73 Å². The first kappa shape index (κ1) is 13.0. The third-order valence-corrected chi connectivity index (χ3v) is 2.94. The molecule has 0 saturated heterocycles. The number of anilines is 1. The normalized spacial score (nSPS) is 10.9. The Labute approximate surface area is 113 Å². The zero-order valence-electron chi connectivity index (χ0n) is 10.1. The number of halogens is 2.